The zero-order valence-electron chi connectivity index (χ0n) is 11.8. The molecule has 19 heavy (non-hydrogen) atoms. The summed E-state index contributed by atoms with van der Waals surface area (Å²) in [5, 5.41) is 3.79. The van der Waals surface area contributed by atoms with Gasteiger partial charge in [-0.25, -0.2) is 0 Å². The van der Waals surface area contributed by atoms with Crippen molar-refractivity contribution >= 4 is 0 Å². The number of benzene rings is 1. The Morgan fingerprint density at radius 1 is 1.32 bits per heavy atom. The quantitative estimate of drug-likeness (QED) is 0.698. The topological polar surface area (TPSA) is 12.0 Å². The Morgan fingerprint density at radius 3 is 3.05 bits per heavy atom. The van der Waals surface area contributed by atoms with Gasteiger partial charge < -0.3 is 5.32 Å². The van der Waals surface area contributed by atoms with E-state index in [1.54, 1.807) is 11.1 Å². The molecule has 1 aromatic rings. The highest BCUT2D eigenvalue weighted by Crippen LogP contribution is 2.55. The van der Waals surface area contributed by atoms with Gasteiger partial charge in [-0.15, -0.1) is 0 Å². The Hall–Kier alpha value is -1.08. The van der Waals surface area contributed by atoms with Gasteiger partial charge in [-0.3, -0.25) is 0 Å². The van der Waals surface area contributed by atoms with Gasteiger partial charge in [0.05, 0.1) is 0 Å². The largest absolute Gasteiger partial charge is 0.313 e. The van der Waals surface area contributed by atoms with E-state index < -0.39 is 0 Å². The normalized spacial score (nSPS) is 40.5. The van der Waals surface area contributed by atoms with Crippen molar-refractivity contribution in [3.8, 4) is 0 Å². The molecular weight excluding hydrogens is 230 g/mol. The first-order valence-corrected chi connectivity index (χ1v) is 7.70. The van der Waals surface area contributed by atoms with Crippen LogP contribution in [0.3, 0.4) is 0 Å². The maximum absolute atomic E-state index is 4.38. The minimum atomic E-state index is 0.397. The summed E-state index contributed by atoms with van der Waals surface area (Å²) >= 11 is 0. The zero-order chi connectivity index (χ0) is 13.0. The molecule has 2 fully saturated rings. The number of rotatable bonds is 0. The zero-order valence-corrected chi connectivity index (χ0v) is 11.8. The first kappa shape index (κ1) is 11.7. The molecule has 100 valence electrons. The molecule has 1 heteroatoms. The molecule has 4 rings (SSSR count). The van der Waals surface area contributed by atoms with Crippen molar-refractivity contribution in [3.63, 3.8) is 0 Å². The van der Waals surface area contributed by atoms with Gasteiger partial charge in [0.1, 0.15) is 0 Å². The molecule has 0 aromatic heterocycles. The van der Waals surface area contributed by atoms with E-state index in [2.05, 4.69) is 43.1 Å². The molecular formula is C18H23N. The van der Waals surface area contributed by atoms with Crippen LogP contribution < -0.4 is 5.32 Å². The molecule has 2 bridgehead atoms. The third-order valence-corrected chi connectivity index (χ3v) is 6.01. The minimum absolute atomic E-state index is 0.397. The lowest BCUT2D eigenvalue weighted by molar-refractivity contribution is 0.0833. The monoisotopic (exact) mass is 253 g/mol. The molecule has 2 aliphatic carbocycles. The number of piperidine rings is 1. The van der Waals surface area contributed by atoms with E-state index in [4.69, 9.17) is 0 Å². The number of hydrogen-bond donors (Lipinski definition) is 1. The summed E-state index contributed by atoms with van der Waals surface area (Å²) in [5.74, 6) is 1.52. The van der Waals surface area contributed by atoms with Crippen LogP contribution >= 0.6 is 0 Å². The van der Waals surface area contributed by atoms with Crippen molar-refractivity contribution < 1.29 is 0 Å². The van der Waals surface area contributed by atoms with Gasteiger partial charge in [0.15, 0.2) is 0 Å². The third kappa shape index (κ3) is 1.51. The van der Waals surface area contributed by atoms with Gasteiger partial charge in [-0.2, -0.15) is 0 Å². The number of nitrogens with one attached hydrogen (secondary N) is 1. The van der Waals surface area contributed by atoms with E-state index in [0.717, 1.165) is 5.92 Å². The fourth-order valence-electron chi connectivity index (χ4n) is 4.99. The predicted molar refractivity (Wildman–Crippen MR) is 79.3 cm³/mol. The Labute approximate surface area is 116 Å². The Kier molecular flexibility index (Phi) is 2.44. The molecule has 0 radical (unpaired) electrons. The van der Waals surface area contributed by atoms with Gasteiger partial charge in [0.2, 0.25) is 0 Å². The molecule has 1 saturated carbocycles. The van der Waals surface area contributed by atoms with E-state index >= 15 is 0 Å². The molecule has 0 amide bonds. The van der Waals surface area contributed by atoms with Crippen molar-refractivity contribution in [2.24, 2.45) is 11.8 Å². The lowest BCUT2D eigenvalue weighted by Crippen LogP contribution is -2.60. The van der Waals surface area contributed by atoms with Crippen LogP contribution in [-0.2, 0) is 11.8 Å². The fraction of sp³-hybridized carbons (Fsp3) is 0.556. The van der Waals surface area contributed by atoms with Crippen LogP contribution in [0.15, 0.2) is 36.4 Å². The summed E-state index contributed by atoms with van der Waals surface area (Å²) in [5.41, 5.74) is 5.10. The lowest BCUT2D eigenvalue weighted by atomic mass is 9.50. The van der Waals surface area contributed by atoms with E-state index in [1.165, 1.54) is 37.8 Å². The smallest absolute Gasteiger partial charge is 0.0145 e. The second-order valence-corrected chi connectivity index (χ2v) is 6.91. The minimum Gasteiger partial charge on any atom is -0.313 e. The summed E-state index contributed by atoms with van der Waals surface area (Å²) < 4.78 is 0. The van der Waals surface area contributed by atoms with E-state index in [9.17, 15) is 0 Å². The van der Waals surface area contributed by atoms with Crippen LogP contribution in [0.5, 0.6) is 0 Å². The second kappa shape index (κ2) is 3.96. The van der Waals surface area contributed by atoms with Crippen LogP contribution in [0.1, 0.15) is 37.3 Å². The molecule has 0 spiro atoms. The summed E-state index contributed by atoms with van der Waals surface area (Å²) in [6, 6.07) is 9.86. The highest BCUT2D eigenvalue weighted by atomic mass is 15.0. The SMILES string of the molecule is C=C1C[C@]23CCN[C@H](Cc4ccccc42)[C@@H]3CC1C. The number of allylic oxidation sites excluding steroid dienone is 1. The molecule has 1 saturated heterocycles. The fourth-order valence-corrected chi connectivity index (χ4v) is 4.99. The van der Waals surface area contributed by atoms with Crippen molar-refractivity contribution in [2.45, 2.75) is 44.1 Å². The average Bonchev–Trinajstić information content (AvgIpc) is 2.40. The Bertz CT molecular complexity index is 532. The lowest BCUT2D eigenvalue weighted by Gasteiger charge is -2.57. The van der Waals surface area contributed by atoms with Gasteiger partial charge in [0.25, 0.3) is 0 Å². The van der Waals surface area contributed by atoms with E-state index in [1.807, 2.05) is 0 Å². The molecule has 1 N–H and O–H groups in total. The molecule has 1 nitrogen and oxygen atoms in total. The van der Waals surface area contributed by atoms with E-state index in [0.29, 0.717) is 17.4 Å². The number of fused-ring (bicyclic) bond motifs is 1. The first-order valence-electron chi connectivity index (χ1n) is 7.70. The standard InChI is InChI=1S/C18H23N/c1-12-9-16-17-10-14-5-3-4-6-15(14)18(16,7-8-19-17)11-13(12)2/h3-6,12,16-17,19H,2,7-11H2,1H3/t12?,16-,17+,18+/m0/s1. The summed E-state index contributed by atoms with van der Waals surface area (Å²) in [6.07, 6.45) is 5.05. The average molecular weight is 253 g/mol. The molecule has 1 unspecified atom stereocenters. The Morgan fingerprint density at radius 2 is 2.16 bits per heavy atom. The third-order valence-electron chi connectivity index (χ3n) is 6.01. The second-order valence-electron chi connectivity index (χ2n) is 6.91. The van der Waals surface area contributed by atoms with Crippen LogP contribution in [0.4, 0.5) is 0 Å². The summed E-state index contributed by atoms with van der Waals surface area (Å²) in [7, 11) is 0. The van der Waals surface area contributed by atoms with Crippen LogP contribution in [-0.4, -0.2) is 12.6 Å². The van der Waals surface area contributed by atoms with Gasteiger partial charge in [0, 0.05) is 11.5 Å². The molecule has 1 aliphatic heterocycles. The molecule has 1 aromatic carbocycles. The van der Waals surface area contributed by atoms with Gasteiger partial charge in [-0.05, 0) is 55.2 Å². The molecule has 3 aliphatic rings. The van der Waals surface area contributed by atoms with Crippen LogP contribution in [0, 0.1) is 11.8 Å². The highest BCUT2D eigenvalue weighted by Gasteiger charge is 2.53. The van der Waals surface area contributed by atoms with Crippen molar-refractivity contribution in [1.29, 1.82) is 0 Å². The van der Waals surface area contributed by atoms with Crippen molar-refractivity contribution in [2.75, 3.05) is 6.54 Å². The highest BCUT2D eigenvalue weighted by molar-refractivity contribution is 5.43. The van der Waals surface area contributed by atoms with Crippen LogP contribution in [0.2, 0.25) is 0 Å². The van der Waals surface area contributed by atoms with Crippen molar-refractivity contribution in [1.82, 2.24) is 5.32 Å². The van der Waals surface area contributed by atoms with Gasteiger partial charge >= 0.3 is 0 Å². The maximum Gasteiger partial charge on any atom is 0.0145 e. The van der Waals surface area contributed by atoms with Gasteiger partial charge in [-0.1, -0.05) is 43.3 Å². The molecule has 1 heterocycles. The Balaban J connectivity index is 1.89. The maximum atomic E-state index is 4.38. The predicted octanol–water partition coefficient (Wildman–Crippen LogP) is 3.44. The van der Waals surface area contributed by atoms with Crippen molar-refractivity contribution in [3.05, 3.63) is 47.5 Å². The number of hydrogen-bond acceptors (Lipinski definition) is 1. The summed E-state index contributed by atoms with van der Waals surface area (Å²) in [4.78, 5) is 0. The summed E-state index contributed by atoms with van der Waals surface area (Å²) in [6.45, 7) is 7.93. The first-order chi connectivity index (χ1) is 9.21. The van der Waals surface area contributed by atoms with Crippen LogP contribution in [0.25, 0.3) is 0 Å². The molecule has 4 atom stereocenters. The van der Waals surface area contributed by atoms with E-state index in [-0.39, 0.29) is 0 Å².